The predicted octanol–water partition coefficient (Wildman–Crippen LogP) is 2.81. The average molecular weight is 444 g/mol. The molecule has 1 aromatic carbocycles. The summed E-state index contributed by atoms with van der Waals surface area (Å²) in [6.07, 6.45) is 7.69. The molecule has 4 amide bonds. The van der Waals surface area contributed by atoms with Crippen LogP contribution in [0.1, 0.15) is 55.3 Å². The number of likely N-dealkylation sites (tertiary alicyclic amines) is 1. The molecule has 1 saturated heterocycles. The SMILES string of the molecule is CSCC[C@H](C(=O)Nc1cccc(C(=O)NC2CC2)c1)N1C(=O)[C@@H]2CCCC[C@H]2C1=O. The van der Waals surface area contributed by atoms with Crippen molar-refractivity contribution in [3.63, 3.8) is 0 Å². The van der Waals surface area contributed by atoms with Crippen LogP contribution in [0.3, 0.4) is 0 Å². The molecule has 0 unspecified atom stereocenters. The number of nitrogens with zero attached hydrogens (tertiary/aromatic N) is 1. The summed E-state index contributed by atoms with van der Waals surface area (Å²) in [6.45, 7) is 0. The van der Waals surface area contributed by atoms with Crippen LogP contribution in [-0.4, -0.2) is 52.6 Å². The third-order valence-electron chi connectivity index (χ3n) is 6.39. The van der Waals surface area contributed by atoms with Crippen LogP contribution in [-0.2, 0) is 14.4 Å². The molecule has 4 rings (SSSR count). The molecule has 8 heteroatoms. The Balaban J connectivity index is 1.50. The molecule has 3 fully saturated rings. The molecule has 2 aliphatic carbocycles. The maximum absolute atomic E-state index is 13.2. The van der Waals surface area contributed by atoms with Gasteiger partial charge in [0.05, 0.1) is 11.8 Å². The van der Waals surface area contributed by atoms with E-state index >= 15 is 0 Å². The van der Waals surface area contributed by atoms with Crippen molar-refractivity contribution < 1.29 is 19.2 Å². The Labute approximate surface area is 186 Å². The lowest BCUT2D eigenvalue weighted by molar-refractivity contribution is -0.146. The Morgan fingerprint density at radius 2 is 1.77 bits per heavy atom. The van der Waals surface area contributed by atoms with Crippen molar-refractivity contribution >= 4 is 41.1 Å². The first-order valence-electron chi connectivity index (χ1n) is 11.1. The summed E-state index contributed by atoms with van der Waals surface area (Å²) in [5, 5.41) is 5.77. The second-order valence-electron chi connectivity index (χ2n) is 8.66. The number of hydrogen-bond acceptors (Lipinski definition) is 5. The van der Waals surface area contributed by atoms with Gasteiger partial charge in [-0.1, -0.05) is 18.9 Å². The molecule has 1 aliphatic heterocycles. The lowest BCUT2D eigenvalue weighted by atomic mass is 9.81. The average Bonchev–Trinajstić information content (AvgIpc) is 3.55. The number of fused-ring (bicyclic) bond motifs is 1. The van der Waals surface area contributed by atoms with Crippen LogP contribution >= 0.6 is 11.8 Å². The van der Waals surface area contributed by atoms with Crippen LogP contribution in [0, 0.1) is 11.8 Å². The van der Waals surface area contributed by atoms with Gasteiger partial charge in [0.15, 0.2) is 0 Å². The van der Waals surface area contributed by atoms with E-state index in [2.05, 4.69) is 10.6 Å². The number of rotatable bonds is 8. The van der Waals surface area contributed by atoms with Gasteiger partial charge in [0.1, 0.15) is 6.04 Å². The Hall–Kier alpha value is -2.35. The zero-order chi connectivity index (χ0) is 22.0. The Morgan fingerprint density at radius 1 is 1.10 bits per heavy atom. The Bertz CT molecular complexity index is 861. The van der Waals surface area contributed by atoms with E-state index in [0.717, 1.165) is 38.5 Å². The molecule has 2 saturated carbocycles. The van der Waals surface area contributed by atoms with Crippen molar-refractivity contribution in [1.82, 2.24) is 10.2 Å². The summed E-state index contributed by atoms with van der Waals surface area (Å²) in [4.78, 5) is 52.8. The maximum Gasteiger partial charge on any atom is 0.251 e. The number of benzene rings is 1. The van der Waals surface area contributed by atoms with E-state index in [-0.39, 0.29) is 41.5 Å². The molecule has 31 heavy (non-hydrogen) atoms. The highest BCUT2D eigenvalue weighted by molar-refractivity contribution is 7.98. The van der Waals surface area contributed by atoms with Crippen LogP contribution in [0.15, 0.2) is 24.3 Å². The Kier molecular flexibility index (Phi) is 6.65. The fourth-order valence-electron chi connectivity index (χ4n) is 4.56. The van der Waals surface area contributed by atoms with Crippen molar-refractivity contribution in [2.24, 2.45) is 11.8 Å². The molecule has 1 heterocycles. The van der Waals surface area contributed by atoms with Gasteiger partial charge in [-0.15, -0.1) is 0 Å². The number of nitrogens with one attached hydrogen (secondary N) is 2. The van der Waals surface area contributed by atoms with E-state index in [1.165, 1.54) is 4.90 Å². The quantitative estimate of drug-likeness (QED) is 0.603. The van der Waals surface area contributed by atoms with Crippen molar-refractivity contribution in [3.8, 4) is 0 Å². The zero-order valence-corrected chi connectivity index (χ0v) is 18.6. The highest BCUT2D eigenvalue weighted by Crippen LogP contribution is 2.39. The third kappa shape index (κ3) is 4.79. The first kappa shape index (κ1) is 21.9. The molecule has 3 aliphatic rings. The third-order valence-corrected chi connectivity index (χ3v) is 7.03. The predicted molar refractivity (Wildman–Crippen MR) is 120 cm³/mol. The van der Waals surface area contributed by atoms with Gasteiger partial charge in [-0.25, -0.2) is 0 Å². The zero-order valence-electron chi connectivity index (χ0n) is 17.8. The normalized spacial score (nSPS) is 24.0. The second-order valence-corrected chi connectivity index (χ2v) is 9.64. The number of carbonyl (C=O) groups excluding carboxylic acids is 4. The molecule has 0 spiro atoms. The number of hydrogen-bond donors (Lipinski definition) is 2. The van der Waals surface area contributed by atoms with Gasteiger partial charge in [-0.2, -0.15) is 11.8 Å². The summed E-state index contributed by atoms with van der Waals surface area (Å²) < 4.78 is 0. The van der Waals surface area contributed by atoms with Gasteiger partial charge in [0.25, 0.3) is 5.91 Å². The van der Waals surface area contributed by atoms with Crippen molar-refractivity contribution in [2.45, 2.75) is 57.0 Å². The minimum Gasteiger partial charge on any atom is -0.349 e. The standard InChI is InChI=1S/C23H29N3O4S/c1-31-12-11-19(26-22(29)17-7-2-3-8-18(17)23(26)30)21(28)25-16-6-4-5-14(13-16)20(27)24-15-9-10-15/h4-6,13,15,17-19H,2-3,7-12H2,1H3,(H,24,27)(H,25,28)/t17-,18-,19-/m1/s1. The molecular weight excluding hydrogens is 414 g/mol. The van der Waals surface area contributed by atoms with Crippen molar-refractivity contribution in [3.05, 3.63) is 29.8 Å². The summed E-state index contributed by atoms with van der Waals surface area (Å²) in [5.41, 5.74) is 0.962. The van der Waals surface area contributed by atoms with Gasteiger partial charge in [-0.3, -0.25) is 24.1 Å². The lowest BCUT2D eigenvalue weighted by Crippen LogP contribution is -2.48. The largest absolute Gasteiger partial charge is 0.349 e. The minimum absolute atomic E-state index is 0.161. The number of amides is 4. The van der Waals surface area contributed by atoms with Gasteiger partial charge in [0.2, 0.25) is 17.7 Å². The van der Waals surface area contributed by atoms with Crippen LogP contribution < -0.4 is 10.6 Å². The molecule has 166 valence electrons. The molecule has 2 N–H and O–H groups in total. The van der Waals surface area contributed by atoms with E-state index in [1.807, 2.05) is 6.26 Å². The van der Waals surface area contributed by atoms with E-state index in [9.17, 15) is 19.2 Å². The second kappa shape index (κ2) is 9.42. The number of anilines is 1. The molecule has 1 aromatic rings. The summed E-state index contributed by atoms with van der Waals surface area (Å²) in [5.74, 6) is -0.836. The number of imide groups is 1. The van der Waals surface area contributed by atoms with Gasteiger partial charge < -0.3 is 10.6 Å². The van der Waals surface area contributed by atoms with Crippen LogP contribution in [0.4, 0.5) is 5.69 Å². The number of carbonyl (C=O) groups is 4. The van der Waals surface area contributed by atoms with Crippen LogP contribution in [0.2, 0.25) is 0 Å². The van der Waals surface area contributed by atoms with Crippen LogP contribution in [0.25, 0.3) is 0 Å². The topological polar surface area (TPSA) is 95.6 Å². The molecule has 0 aromatic heterocycles. The first-order chi connectivity index (χ1) is 15.0. The Morgan fingerprint density at radius 3 is 2.39 bits per heavy atom. The lowest BCUT2D eigenvalue weighted by Gasteiger charge is -2.26. The molecule has 7 nitrogen and oxygen atoms in total. The van der Waals surface area contributed by atoms with E-state index in [4.69, 9.17) is 0 Å². The first-order valence-corrected chi connectivity index (χ1v) is 12.5. The molecule has 0 radical (unpaired) electrons. The highest BCUT2D eigenvalue weighted by atomic mass is 32.2. The van der Waals surface area contributed by atoms with Gasteiger partial charge >= 0.3 is 0 Å². The van der Waals surface area contributed by atoms with E-state index in [1.54, 1.807) is 36.0 Å². The summed E-state index contributed by atoms with van der Waals surface area (Å²) in [6, 6.07) is 6.19. The highest BCUT2D eigenvalue weighted by Gasteiger charge is 2.51. The summed E-state index contributed by atoms with van der Waals surface area (Å²) in [7, 11) is 0. The fraction of sp³-hybridized carbons (Fsp3) is 0.565. The van der Waals surface area contributed by atoms with Crippen LogP contribution in [0.5, 0.6) is 0 Å². The van der Waals surface area contributed by atoms with E-state index < -0.39 is 6.04 Å². The van der Waals surface area contributed by atoms with Crippen molar-refractivity contribution in [1.29, 1.82) is 0 Å². The fourth-order valence-corrected chi connectivity index (χ4v) is 5.02. The van der Waals surface area contributed by atoms with E-state index in [0.29, 0.717) is 23.4 Å². The monoisotopic (exact) mass is 443 g/mol. The molecular formula is C23H29N3O4S. The summed E-state index contributed by atoms with van der Waals surface area (Å²) >= 11 is 1.58. The molecule has 0 bridgehead atoms. The maximum atomic E-state index is 13.2. The van der Waals surface area contributed by atoms with Gasteiger partial charge in [-0.05, 0) is 62.3 Å². The number of thioether (sulfide) groups is 1. The smallest absolute Gasteiger partial charge is 0.251 e. The van der Waals surface area contributed by atoms with Gasteiger partial charge in [0, 0.05) is 17.3 Å². The minimum atomic E-state index is -0.831. The van der Waals surface area contributed by atoms with Crippen molar-refractivity contribution in [2.75, 3.05) is 17.3 Å². The molecule has 3 atom stereocenters.